The second kappa shape index (κ2) is 4.47. The summed E-state index contributed by atoms with van der Waals surface area (Å²) < 4.78 is 5.10. The van der Waals surface area contributed by atoms with E-state index in [1.807, 2.05) is 20.8 Å². The Morgan fingerprint density at radius 1 is 1.60 bits per heavy atom. The Hall–Kier alpha value is -1.32. The van der Waals surface area contributed by atoms with Gasteiger partial charge in [-0.15, -0.1) is 0 Å². The van der Waals surface area contributed by atoms with E-state index in [0.717, 1.165) is 24.7 Å². The van der Waals surface area contributed by atoms with E-state index >= 15 is 0 Å². The summed E-state index contributed by atoms with van der Waals surface area (Å²) in [5.41, 5.74) is 0.260. The molecule has 0 aromatic carbocycles. The van der Waals surface area contributed by atoms with Crippen molar-refractivity contribution in [1.29, 1.82) is 0 Å². The Balaban J connectivity index is 2.40. The molecule has 1 aliphatic rings. The van der Waals surface area contributed by atoms with Crippen LogP contribution in [0, 0.1) is 0 Å². The minimum absolute atomic E-state index is 0.0694. The first-order valence-electron chi connectivity index (χ1n) is 5.06. The quantitative estimate of drug-likeness (QED) is 0.708. The van der Waals surface area contributed by atoms with Crippen LogP contribution < -0.4 is 5.32 Å². The number of alkyl carbamates (subject to hydrolysis) is 1. The number of amides is 1. The van der Waals surface area contributed by atoms with Gasteiger partial charge in [0.05, 0.1) is 6.04 Å². The fourth-order valence-electron chi connectivity index (χ4n) is 1.42. The number of carbonyl (C=O) groups is 2. The highest BCUT2D eigenvalue weighted by atomic mass is 16.6. The third-order valence-electron chi connectivity index (χ3n) is 2.01. The summed E-state index contributed by atoms with van der Waals surface area (Å²) >= 11 is 0. The molecule has 0 spiro atoms. The molecule has 0 aliphatic heterocycles. The second-order valence-corrected chi connectivity index (χ2v) is 4.65. The molecule has 0 aromatic heterocycles. The lowest BCUT2D eigenvalue weighted by atomic mass is 10.2. The summed E-state index contributed by atoms with van der Waals surface area (Å²) in [5, 5.41) is 2.70. The number of hydrogen-bond donors (Lipinski definition) is 1. The third kappa shape index (κ3) is 4.14. The highest BCUT2D eigenvalue weighted by Gasteiger charge is 2.21. The van der Waals surface area contributed by atoms with Crippen LogP contribution in [0.2, 0.25) is 0 Å². The number of rotatable bonds is 2. The van der Waals surface area contributed by atoms with Crippen LogP contribution in [-0.2, 0) is 9.53 Å². The van der Waals surface area contributed by atoms with E-state index < -0.39 is 11.7 Å². The van der Waals surface area contributed by atoms with Gasteiger partial charge in [0.15, 0.2) is 0 Å². The van der Waals surface area contributed by atoms with Crippen LogP contribution >= 0.6 is 0 Å². The molecule has 15 heavy (non-hydrogen) atoms. The Kier molecular flexibility index (Phi) is 3.50. The SMILES string of the molecule is CC(C)(C)OC(=O)N[C@H]1C=C(C=O)CC1. The molecule has 0 fully saturated rings. The van der Waals surface area contributed by atoms with Gasteiger partial charge in [-0.3, -0.25) is 4.79 Å². The van der Waals surface area contributed by atoms with Crippen LogP contribution in [0.4, 0.5) is 4.79 Å². The van der Waals surface area contributed by atoms with Gasteiger partial charge in [0.2, 0.25) is 0 Å². The number of carbonyl (C=O) groups excluding carboxylic acids is 2. The lowest BCUT2D eigenvalue weighted by Crippen LogP contribution is -2.37. The average molecular weight is 211 g/mol. The lowest BCUT2D eigenvalue weighted by Gasteiger charge is -2.21. The maximum absolute atomic E-state index is 11.4. The highest BCUT2D eigenvalue weighted by Crippen LogP contribution is 2.17. The molecule has 0 bridgehead atoms. The first kappa shape index (κ1) is 11.8. The van der Waals surface area contributed by atoms with Crippen LogP contribution in [-0.4, -0.2) is 24.0 Å². The van der Waals surface area contributed by atoms with Crippen molar-refractivity contribution in [1.82, 2.24) is 5.32 Å². The molecule has 1 rings (SSSR count). The Bertz CT molecular complexity index is 289. The molecule has 4 nitrogen and oxygen atoms in total. The van der Waals surface area contributed by atoms with Gasteiger partial charge in [-0.2, -0.15) is 0 Å². The maximum Gasteiger partial charge on any atom is 0.408 e. The predicted octanol–water partition coefficient (Wildman–Crippen LogP) is 1.80. The Morgan fingerprint density at radius 2 is 2.27 bits per heavy atom. The molecule has 84 valence electrons. The lowest BCUT2D eigenvalue weighted by molar-refractivity contribution is -0.105. The van der Waals surface area contributed by atoms with Crippen molar-refractivity contribution in [3.8, 4) is 0 Å². The zero-order chi connectivity index (χ0) is 11.5. The van der Waals surface area contributed by atoms with Crippen LogP contribution in [0.1, 0.15) is 33.6 Å². The fourth-order valence-corrected chi connectivity index (χ4v) is 1.42. The molecule has 4 heteroatoms. The summed E-state index contributed by atoms with van der Waals surface area (Å²) in [6, 6.07) is -0.0694. The number of allylic oxidation sites excluding steroid dienone is 1. The average Bonchev–Trinajstić information content (AvgIpc) is 2.48. The third-order valence-corrected chi connectivity index (χ3v) is 2.01. The molecule has 0 saturated heterocycles. The monoisotopic (exact) mass is 211 g/mol. The van der Waals surface area contributed by atoms with E-state index in [4.69, 9.17) is 4.74 Å². The van der Waals surface area contributed by atoms with Gasteiger partial charge in [-0.25, -0.2) is 4.79 Å². The topological polar surface area (TPSA) is 55.4 Å². The number of nitrogens with one attached hydrogen (secondary N) is 1. The smallest absolute Gasteiger partial charge is 0.408 e. The number of aldehydes is 1. The summed E-state index contributed by atoms with van der Waals surface area (Å²) in [4.78, 5) is 21.8. The molecular weight excluding hydrogens is 194 g/mol. The summed E-state index contributed by atoms with van der Waals surface area (Å²) in [6.45, 7) is 5.44. The van der Waals surface area contributed by atoms with Crippen molar-refractivity contribution < 1.29 is 14.3 Å². The molecule has 1 atom stereocenters. The molecule has 0 saturated carbocycles. The van der Waals surface area contributed by atoms with E-state index in [1.165, 1.54) is 0 Å². The van der Waals surface area contributed by atoms with Crippen LogP contribution in [0.5, 0.6) is 0 Å². The predicted molar refractivity (Wildman–Crippen MR) is 56.5 cm³/mol. The van der Waals surface area contributed by atoms with Gasteiger partial charge in [0, 0.05) is 0 Å². The van der Waals surface area contributed by atoms with Crippen molar-refractivity contribution >= 4 is 12.4 Å². The van der Waals surface area contributed by atoms with Crippen LogP contribution in [0.25, 0.3) is 0 Å². The molecular formula is C11H17NO3. The van der Waals surface area contributed by atoms with E-state index in [1.54, 1.807) is 6.08 Å². The molecule has 0 unspecified atom stereocenters. The molecule has 0 aromatic rings. The Morgan fingerprint density at radius 3 is 2.73 bits per heavy atom. The van der Waals surface area contributed by atoms with Gasteiger partial charge < -0.3 is 10.1 Å². The number of ether oxygens (including phenoxy) is 1. The molecule has 1 N–H and O–H groups in total. The minimum atomic E-state index is -0.486. The highest BCUT2D eigenvalue weighted by molar-refractivity contribution is 5.75. The molecule has 0 radical (unpaired) electrons. The zero-order valence-electron chi connectivity index (χ0n) is 9.37. The van der Waals surface area contributed by atoms with Gasteiger partial charge in [0.1, 0.15) is 11.9 Å². The first-order valence-corrected chi connectivity index (χ1v) is 5.06. The minimum Gasteiger partial charge on any atom is -0.444 e. The molecule has 1 amide bonds. The van der Waals surface area contributed by atoms with Gasteiger partial charge >= 0.3 is 6.09 Å². The fraction of sp³-hybridized carbons (Fsp3) is 0.636. The summed E-state index contributed by atoms with van der Waals surface area (Å²) in [7, 11) is 0. The van der Waals surface area contributed by atoms with Crippen molar-refractivity contribution in [2.24, 2.45) is 0 Å². The van der Waals surface area contributed by atoms with Crippen molar-refractivity contribution in [2.45, 2.75) is 45.3 Å². The van der Waals surface area contributed by atoms with Crippen LogP contribution in [0.15, 0.2) is 11.6 Å². The molecule has 1 aliphatic carbocycles. The van der Waals surface area contributed by atoms with E-state index in [0.29, 0.717) is 0 Å². The summed E-state index contributed by atoms with van der Waals surface area (Å²) in [5.74, 6) is 0. The van der Waals surface area contributed by atoms with Crippen molar-refractivity contribution in [3.05, 3.63) is 11.6 Å². The van der Waals surface area contributed by atoms with E-state index in [9.17, 15) is 9.59 Å². The first-order chi connectivity index (χ1) is 6.90. The number of hydrogen-bond acceptors (Lipinski definition) is 3. The van der Waals surface area contributed by atoms with Crippen molar-refractivity contribution in [2.75, 3.05) is 0 Å². The second-order valence-electron chi connectivity index (χ2n) is 4.65. The van der Waals surface area contributed by atoms with Crippen molar-refractivity contribution in [3.63, 3.8) is 0 Å². The van der Waals surface area contributed by atoms with Crippen LogP contribution in [0.3, 0.4) is 0 Å². The standard InChI is InChI=1S/C11H17NO3/c1-11(2,3)15-10(14)12-9-5-4-8(6-9)7-13/h6-7,9H,4-5H2,1-3H3,(H,12,14)/t9-/m1/s1. The molecule has 0 heterocycles. The zero-order valence-corrected chi connectivity index (χ0v) is 9.37. The van der Waals surface area contributed by atoms with E-state index in [-0.39, 0.29) is 6.04 Å². The largest absolute Gasteiger partial charge is 0.444 e. The summed E-state index contributed by atoms with van der Waals surface area (Å²) in [6.07, 6.45) is 3.67. The van der Waals surface area contributed by atoms with E-state index in [2.05, 4.69) is 5.32 Å². The normalized spacial score (nSPS) is 20.7. The Labute approximate surface area is 89.7 Å². The van der Waals surface area contributed by atoms with Gasteiger partial charge in [-0.05, 0) is 39.2 Å². The maximum atomic E-state index is 11.4. The van der Waals surface area contributed by atoms with Gasteiger partial charge in [-0.1, -0.05) is 6.08 Å². The van der Waals surface area contributed by atoms with Gasteiger partial charge in [0.25, 0.3) is 0 Å².